The zero-order valence-corrected chi connectivity index (χ0v) is 16.7. The Labute approximate surface area is 173 Å². The minimum atomic E-state index is -4.09. The summed E-state index contributed by atoms with van der Waals surface area (Å²) in [6.45, 7) is 1.82. The first-order valence-corrected chi connectivity index (χ1v) is 10.3. The van der Waals surface area contributed by atoms with E-state index in [9.17, 15) is 18.5 Å². The van der Waals surface area contributed by atoms with Crippen LogP contribution in [0.2, 0.25) is 0 Å². The number of nitro groups is 1. The lowest BCUT2D eigenvalue weighted by molar-refractivity contribution is -0.429. The number of aryl methyl sites for hydroxylation is 1. The smallest absolute Gasteiger partial charge is 0.272 e. The summed E-state index contributed by atoms with van der Waals surface area (Å²) in [5.74, 6) is 0.204. The van der Waals surface area contributed by atoms with Gasteiger partial charge in [-0.3, -0.25) is 10.1 Å². The van der Waals surface area contributed by atoms with Crippen LogP contribution in [0.15, 0.2) is 81.9 Å². The predicted molar refractivity (Wildman–Crippen MR) is 109 cm³/mol. The Balaban J connectivity index is 2.09. The van der Waals surface area contributed by atoms with E-state index in [1.54, 1.807) is 18.2 Å². The highest BCUT2D eigenvalue weighted by Crippen LogP contribution is 2.27. The van der Waals surface area contributed by atoms with Crippen molar-refractivity contribution < 1.29 is 17.8 Å². The number of hydrogen-bond acceptors (Lipinski definition) is 6. The summed E-state index contributed by atoms with van der Waals surface area (Å²) in [6.07, 6.45) is 2.52. The molecule has 8 nitrogen and oxygen atoms in total. The fourth-order valence-electron chi connectivity index (χ4n) is 2.75. The Morgan fingerprint density at radius 3 is 2.37 bits per heavy atom. The van der Waals surface area contributed by atoms with E-state index in [2.05, 4.69) is 4.72 Å². The molecular formula is C21H17N3O5S. The summed E-state index contributed by atoms with van der Waals surface area (Å²) in [7, 11) is -4.09. The predicted octanol–water partition coefficient (Wildman–Crippen LogP) is 3.80. The van der Waals surface area contributed by atoms with Crippen molar-refractivity contribution in [3.05, 3.63) is 105 Å². The monoisotopic (exact) mass is 423 g/mol. The van der Waals surface area contributed by atoms with Crippen LogP contribution in [0.5, 0.6) is 0 Å². The lowest BCUT2D eigenvalue weighted by Crippen LogP contribution is -2.32. The summed E-state index contributed by atoms with van der Waals surface area (Å²) in [5, 5.41) is 20.8. The number of nitrogens with zero attached hydrogens (tertiary/aromatic N) is 2. The molecule has 0 saturated carbocycles. The lowest BCUT2D eigenvalue weighted by Gasteiger charge is -2.17. The molecule has 0 aliphatic heterocycles. The van der Waals surface area contributed by atoms with Crippen molar-refractivity contribution in [2.45, 2.75) is 17.9 Å². The lowest BCUT2D eigenvalue weighted by atomic mass is 10.0. The van der Waals surface area contributed by atoms with E-state index in [1.807, 2.05) is 13.0 Å². The minimum absolute atomic E-state index is 0.0209. The van der Waals surface area contributed by atoms with Gasteiger partial charge in [0.1, 0.15) is 11.8 Å². The molecule has 0 saturated heterocycles. The highest BCUT2D eigenvalue weighted by Gasteiger charge is 2.32. The summed E-state index contributed by atoms with van der Waals surface area (Å²) in [6, 6.07) is 15.7. The molecule has 2 aromatic carbocycles. The molecule has 3 rings (SSSR count). The van der Waals surface area contributed by atoms with Crippen LogP contribution in [0.3, 0.4) is 0 Å². The van der Waals surface area contributed by atoms with Crippen LogP contribution in [0.25, 0.3) is 6.08 Å². The van der Waals surface area contributed by atoms with E-state index in [1.165, 1.54) is 54.8 Å². The summed E-state index contributed by atoms with van der Waals surface area (Å²) >= 11 is 0. The zero-order chi connectivity index (χ0) is 21.7. The molecule has 1 heterocycles. The van der Waals surface area contributed by atoms with E-state index in [-0.39, 0.29) is 10.7 Å². The van der Waals surface area contributed by atoms with Gasteiger partial charge in [-0.15, -0.1) is 0 Å². The van der Waals surface area contributed by atoms with Crippen molar-refractivity contribution in [3.8, 4) is 6.07 Å². The van der Waals surface area contributed by atoms with Crippen LogP contribution in [-0.2, 0) is 10.0 Å². The third-order valence-electron chi connectivity index (χ3n) is 4.32. The van der Waals surface area contributed by atoms with E-state index in [4.69, 9.17) is 9.68 Å². The zero-order valence-electron chi connectivity index (χ0n) is 15.8. The van der Waals surface area contributed by atoms with Gasteiger partial charge < -0.3 is 4.42 Å². The first-order valence-electron chi connectivity index (χ1n) is 8.79. The molecule has 0 radical (unpaired) electrons. The van der Waals surface area contributed by atoms with Gasteiger partial charge in [0.05, 0.1) is 33.8 Å². The summed E-state index contributed by atoms with van der Waals surface area (Å²) in [5.41, 5.74) is 1.10. The van der Waals surface area contributed by atoms with Crippen LogP contribution in [0.1, 0.15) is 28.5 Å². The van der Waals surface area contributed by atoms with Crippen LogP contribution < -0.4 is 4.72 Å². The average molecular weight is 423 g/mol. The van der Waals surface area contributed by atoms with Gasteiger partial charge in [-0.05, 0) is 48.9 Å². The Hall–Kier alpha value is -3.74. The molecular weight excluding hydrogens is 406 g/mol. The quantitative estimate of drug-likeness (QED) is 0.455. The first kappa shape index (κ1) is 21.0. The van der Waals surface area contributed by atoms with Crippen molar-refractivity contribution >= 4 is 16.1 Å². The van der Waals surface area contributed by atoms with Crippen LogP contribution in [0, 0.1) is 28.4 Å². The van der Waals surface area contributed by atoms with Crippen molar-refractivity contribution in [2.24, 2.45) is 0 Å². The van der Waals surface area contributed by atoms with Crippen LogP contribution in [-0.4, -0.2) is 13.3 Å². The summed E-state index contributed by atoms with van der Waals surface area (Å²) in [4.78, 5) is 11.2. The second kappa shape index (κ2) is 8.73. The molecule has 0 bridgehead atoms. The molecule has 0 unspecified atom stereocenters. The Morgan fingerprint density at radius 1 is 1.17 bits per heavy atom. The molecule has 9 heteroatoms. The fraction of sp³-hybridized carbons (Fsp3) is 0.0952. The second-order valence-electron chi connectivity index (χ2n) is 6.44. The summed E-state index contributed by atoms with van der Waals surface area (Å²) < 4.78 is 33.5. The SMILES string of the molecule is Cc1ccc(S(=O)(=O)N[C@H](/C(=C/c2ccco2)[N+](=O)[O-])c2ccc(C#N)cc2)cc1. The fourth-order valence-corrected chi connectivity index (χ4v) is 3.95. The van der Waals surface area contributed by atoms with Crippen molar-refractivity contribution in [3.63, 3.8) is 0 Å². The highest BCUT2D eigenvalue weighted by atomic mass is 32.2. The number of nitriles is 1. The van der Waals surface area contributed by atoms with Crippen molar-refractivity contribution in [2.75, 3.05) is 0 Å². The minimum Gasteiger partial charge on any atom is -0.465 e. The maximum Gasteiger partial charge on any atom is 0.272 e. The molecule has 0 aliphatic carbocycles. The Bertz CT molecular complexity index is 1210. The van der Waals surface area contributed by atoms with Gasteiger partial charge in [0.2, 0.25) is 10.0 Å². The number of sulfonamides is 1. The van der Waals surface area contributed by atoms with Gasteiger partial charge >= 0.3 is 0 Å². The van der Waals surface area contributed by atoms with Gasteiger partial charge in [0, 0.05) is 0 Å². The molecule has 3 aromatic rings. The van der Waals surface area contributed by atoms with Crippen molar-refractivity contribution in [1.82, 2.24) is 4.72 Å². The molecule has 1 aromatic heterocycles. The molecule has 0 spiro atoms. The average Bonchev–Trinajstić information content (AvgIpc) is 3.24. The molecule has 152 valence electrons. The topological polar surface area (TPSA) is 126 Å². The number of benzene rings is 2. The second-order valence-corrected chi connectivity index (χ2v) is 8.16. The van der Waals surface area contributed by atoms with Gasteiger partial charge in [-0.25, -0.2) is 8.42 Å². The third kappa shape index (κ3) is 4.81. The largest absolute Gasteiger partial charge is 0.465 e. The van der Waals surface area contributed by atoms with Gasteiger partial charge in [-0.2, -0.15) is 9.98 Å². The Morgan fingerprint density at radius 2 is 1.83 bits per heavy atom. The maximum absolute atomic E-state index is 12.9. The molecule has 0 aliphatic rings. The van der Waals surface area contributed by atoms with Gasteiger partial charge in [0.25, 0.3) is 5.70 Å². The highest BCUT2D eigenvalue weighted by molar-refractivity contribution is 7.89. The normalized spacial score (nSPS) is 12.9. The number of hydrogen-bond donors (Lipinski definition) is 1. The van der Waals surface area contributed by atoms with E-state index < -0.39 is 26.7 Å². The molecule has 0 fully saturated rings. The van der Waals surface area contributed by atoms with Crippen molar-refractivity contribution in [1.29, 1.82) is 5.26 Å². The van der Waals surface area contributed by atoms with Crippen LogP contribution in [0.4, 0.5) is 0 Å². The Kier molecular flexibility index (Phi) is 6.11. The molecule has 0 amide bonds. The van der Waals surface area contributed by atoms with E-state index >= 15 is 0 Å². The molecule has 30 heavy (non-hydrogen) atoms. The number of rotatable bonds is 7. The van der Waals surface area contributed by atoms with E-state index in [0.29, 0.717) is 11.1 Å². The maximum atomic E-state index is 12.9. The van der Waals surface area contributed by atoms with Crippen LogP contribution >= 0.6 is 0 Å². The standard InChI is InChI=1S/C21H17N3O5S/c1-15-4-10-19(11-5-15)30(27,28)23-21(17-8-6-16(14-22)7-9-17)20(24(25)26)13-18-3-2-12-29-18/h2-13,21,23H,1H3/b20-13-/t21-/m0/s1. The molecule has 1 atom stereocenters. The van der Waals surface area contributed by atoms with Gasteiger partial charge in [0.15, 0.2) is 0 Å². The third-order valence-corrected chi connectivity index (χ3v) is 5.76. The van der Waals surface area contributed by atoms with E-state index in [0.717, 1.165) is 5.56 Å². The first-order chi connectivity index (χ1) is 14.3. The number of furan rings is 1. The molecule has 1 N–H and O–H groups in total. The number of nitrogens with one attached hydrogen (secondary N) is 1. The van der Waals surface area contributed by atoms with Gasteiger partial charge in [-0.1, -0.05) is 29.8 Å².